The average Bonchev–Trinajstić information content (AvgIpc) is 2.82. The molecule has 0 aromatic carbocycles. The van der Waals surface area contributed by atoms with Gasteiger partial charge in [0.05, 0.1) is 18.1 Å². The van der Waals surface area contributed by atoms with Gasteiger partial charge < -0.3 is 4.74 Å². The van der Waals surface area contributed by atoms with Gasteiger partial charge in [0.15, 0.2) is 11.6 Å². The van der Waals surface area contributed by atoms with E-state index in [4.69, 9.17) is 4.74 Å². The number of carbonyl (C=O) groups excluding carboxylic acids is 4. The van der Waals surface area contributed by atoms with E-state index < -0.39 is 38.9 Å². The maximum Gasteiger partial charge on any atom is 0.312 e. The number of ketones is 3. The van der Waals surface area contributed by atoms with E-state index in [1.807, 2.05) is 6.92 Å². The minimum Gasteiger partial charge on any atom is -0.469 e. The third-order valence-electron chi connectivity index (χ3n) is 12.1. The fourth-order valence-corrected chi connectivity index (χ4v) is 10.1. The van der Waals surface area contributed by atoms with Crippen LogP contribution in [-0.4, -0.2) is 30.4 Å². The van der Waals surface area contributed by atoms with Crippen molar-refractivity contribution in [1.82, 2.24) is 0 Å². The number of ether oxygens (including phenoxy) is 1. The summed E-state index contributed by atoms with van der Waals surface area (Å²) in [6.45, 7) is 14.1. The Balaban J connectivity index is 1.74. The fraction of sp³-hybridized carbons (Fsp3) is 0.719. The molecular weight excluding hydrogens is 478 g/mol. The van der Waals surface area contributed by atoms with Gasteiger partial charge in [-0.25, -0.2) is 0 Å². The summed E-state index contributed by atoms with van der Waals surface area (Å²) < 4.78 is 5.37. The Morgan fingerprint density at radius 3 is 2.24 bits per heavy atom. The van der Waals surface area contributed by atoms with Crippen LogP contribution in [0.15, 0.2) is 23.3 Å². The zero-order chi connectivity index (χ0) is 28.3. The van der Waals surface area contributed by atoms with Gasteiger partial charge in [-0.3, -0.25) is 19.2 Å². The molecule has 204 valence electrons. The molecule has 0 aromatic rings. The van der Waals surface area contributed by atoms with E-state index in [9.17, 15) is 24.4 Å². The van der Waals surface area contributed by atoms with Gasteiger partial charge in [0.25, 0.3) is 0 Å². The molecule has 0 aromatic heterocycles. The standard InChI is InChI=1S/C32H41NO5/c1-27(2)9-11-32(26(37)38-8)12-10-30(6)23(19(32)15-27)20(34)13-22-29(5)14-18(17-33)25(36)28(3,4)24(29)21(35)16-31(22,30)7/h13-14,19,23-24H,9-12,15-16H2,1-8H3/t19-,23-,24-,29+,30+,31+,32-/m0/s1. The maximum absolute atomic E-state index is 14.4. The Morgan fingerprint density at radius 1 is 1.00 bits per heavy atom. The van der Waals surface area contributed by atoms with Crippen molar-refractivity contribution in [3.05, 3.63) is 23.3 Å². The van der Waals surface area contributed by atoms with Crippen molar-refractivity contribution in [2.45, 2.75) is 87.0 Å². The number of fused-ring (bicyclic) bond motifs is 7. The third-order valence-corrected chi connectivity index (χ3v) is 12.1. The molecule has 0 aliphatic heterocycles. The van der Waals surface area contributed by atoms with Crippen molar-refractivity contribution in [3.63, 3.8) is 0 Å². The molecule has 5 aliphatic carbocycles. The van der Waals surface area contributed by atoms with Crippen LogP contribution in [0.25, 0.3) is 0 Å². The summed E-state index contributed by atoms with van der Waals surface area (Å²) in [4.78, 5) is 55.0. The molecule has 0 unspecified atom stereocenters. The highest BCUT2D eigenvalue weighted by Crippen LogP contribution is 2.74. The molecule has 0 bridgehead atoms. The summed E-state index contributed by atoms with van der Waals surface area (Å²) in [6, 6.07) is 2.07. The summed E-state index contributed by atoms with van der Waals surface area (Å²) in [5.41, 5.74) is -2.94. The molecular formula is C32H41NO5. The molecule has 0 heterocycles. The van der Waals surface area contributed by atoms with E-state index in [1.165, 1.54) is 7.11 Å². The molecule has 3 fully saturated rings. The van der Waals surface area contributed by atoms with Crippen LogP contribution in [0.2, 0.25) is 0 Å². The minimum absolute atomic E-state index is 0.00610. The van der Waals surface area contributed by atoms with Crippen molar-refractivity contribution in [3.8, 4) is 6.07 Å². The lowest BCUT2D eigenvalue weighted by Crippen LogP contribution is -2.67. The van der Waals surface area contributed by atoms with Crippen LogP contribution in [0.4, 0.5) is 0 Å². The van der Waals surface area contributed by atoms with Crippen molar-refractivity contribution in [2.24, 2.45) is 50.2 Å². The van der Waals surface area contributed by atoms with E-state index >= 15 is 0 Å². The third kappa shape index (κ3) is 3.05. The number of hydrogen-bond donors (Lipinski definition) is 0. The molecule has 0 saturated heterocycles. The largest absolute Gasteiger partial charge is 0.469 e. The molecule has 0 radical (unpaired) electrons. The first-order valence-electron chi connectivity index (χ1n) is 14.0. The van der Waals surface area contributed by atoms with Gasteiger partial charge in [0.1, 0.15) is 11.9 Å². The maximum atomic E-state index is 14.4. The van der Waals surface area contributed by atoms with Gasteiger partial charge in [-0.1, -0.05) is 54.5 Å². The first-order chi connectivity index (χ1) is 17.4. The number of rotatable bonds is 1. The molecule has 38 heavy (non-hydrogen) atoms. The Bertz CT molecular complexity index is 1280. The first kappa shape index (κ1) is 27.0. The molecule has 3 saturated carbocycles. The zero-order valence-corrected chi connectivity index (χ0v) is 24.1. The average molecular weight is 520 g/mol. The molecule has 0 N–H and O–H groups in total. The second kappa shape index (κ2) is 7.77. The van der Waals surface area contributed by atoms with Crippen molar-refractivity contribution < 1.29 is 23.9 Å². The van der Waals surface area contributed by atoms with Crippen LogP contribution in [0.1, 0.15) is 87.0 Å². The second-order valence-electron chi connectivity index (χ2n) is 14.9. The lowest BCUT2D eigenvalue weighted by atomic mass is 9.34. The van der Waals surface area contributed by atoms with E-state index in [0.717, 1.165) is 18.4 Å². The monoisotopic (exact) mass is 519 g/mol. The Kier molecular flexibility index (Phi) is 5.53. The number of nitriles is 1. The molecule has 5 rings (SSSR count). The summed E-state index contributed by atoms with van der Waals surface area (Å²) in [6.07, 6.45) is 7.28. The number of methoxy groups -OCH3 is 1. The Hall–Kier alpha value is -2.55. The molecule has 6 heteroatoms. The number of hydrogen-bond acceptors (Lipinski definition) is 6. The van der Waals surface area contributed by atoms with Crippen LogP contribution in [0.3, 0.4) is 0 Å². The molecule has 0 spiro atoms. The lowest BCUT2D eigenvalue weighted by molar-refractivity contribution is -0.191. The summed E-state index contributed by atoms with van der Waals surface area (Å²) in [5, 5.41) is 9.84. The highest BCUT2D eigenvalue weighted by Gasteiger charge is 2.72. The Labute approximate surface area is 226 Å². The van der Waals surface area contributed by atoms with Gasteiger partial charge in [-0.2, -0.15) is 5.26 Å². The van der Waals surface area contributed by atoms with Crippen molar-refractivity contribution in [2.75, 3.05) is 7.11 Å². The molecule has 0 amide bonds. The summed E-state index contributed by atoms with van der Waals surface area (Å²) in [5.74, 6) is -1.72. The normalized spacial score (nSPS) is 44.8. The zero-order valence-electron chi connectivity index (χ0n) is 24.1. The topological polar surface area (TPSA) is 101 Å². The van der Waals surface area contributed by atoms with Crippen LogP contribution in [0.5, 0.6) is 0 Å². The number of nitrogens with zero attached hydrogens (tertiary/aromatic N) is 1. The van der Waals surface area contributed by atoms with Gasteiger partial charge in [0, 0.05) is 34.5 Å². The van der Waals surface area contributed by atoms with Crippen LogP contribution < -0.4 is 0 Å². The number of Topliss-reactive ketones (excluding diaryl/α,β-unsaturated/α-hetero) is 2. The number of esters is 1. The van der Waals surface area contributed by atoms with Gasteiger partial charge in [-0.05, 0) is 60.5 Å². The predicted octanol–water partition coefficient (Wildman–Crippen LogP) is 5.56. The number of allylic oxidation sites excluding steroid dienone is 4. The second-order valence-corrected chi connectivity index (χ2v) is 14.9. The van der Waals surface area contributed by atoms with Gasteiger partial charge in [0.2, 0.25) is 0 Å². The van der Waals surface area contributed by atoms with Crippen LogP contribution in [0, 0.1) is 61.6 Å². The quantitative estimate of drug-likeness (QED) is 0.421. The van der Waals surface area contributed by atoms with E-state index in [1.54, 1.807) is 26.0 Å². The smallest absolute Gasteiger partial charge is 0.312 e. The fourth-order valence-electron chi connectivity index (χ4n) is 10.1. The lowest BCUT2D eigenvalue weighted by Gasteiger charge is -2.68. The van der Waals surface area contributed by atoms with Gasteiger partial charge >= 0.3 is 5.97 Å². The van der Waals surface area contributed by atoms with Crippen LogP contribution >= 0.6 is 0 Å². The van der Waals surface area contributed by atoms with E-state index in [2.05, 4.69) is 33.8 Å². The molecule has 6 nitrogen and oxygen atoms in total. The highest BCUT2D eigenvalue weighted by molar-refractivity contribution is 6.08. The first-order valence-corrected chi connectivity index (χ1v) is 14.0. The van der Waals surface area contributed by atoms with Gasteiger partial charge in [-0.15, -0.1) is 0 Å². The number of carbonyl (C=O) groups is 4. The van der Waals surface area contributed by atoms with Crippen molar-refractivity contribution >= 4 is 23.3 Å². The predicted molar refractivity (Wildman–Crippen MR) is 141 cm³/mol. The minimum atomic E-state index is -1.05. The van der Waals surface area contributed by atoms with Crippen LogP contribution in [-0.2, 0) is 23.9 Å². The molecule has 7 atom stereocenters. The Morgan fingerprint density at radius 2 is 1.63 bits per heavy atom. The van der Waals surface area contributed by atoms with E-state index in [0.29, 0.717) is 19.3 Å². The molecule has 5 aliphatic rings. The van der Waals surface area contributed by atoms with E-state index in [-0.39, 0.29) is 46.6 Å². The van der Waals surface area contributed by atoms with Crippen molar-refractivity contribution in [1.29, 1.82) is 5.26 Å². The summed E-state index contributed by atoms with van der Waals surface area (Å²) in [7, 11) is 1.44. The SMILES string of the molecule is COC(=O)[C@]12CCC(C)(C)C[C@H]1[C@H]1C(=O)C=C3[C@@]4(C)C=C(C#N)C(=O)C(C)(C)[C@@H]4C(=O)C[C@@]3(C)[C@]1(C)CC2. The summed E-state index contributed by atoms with van der Waals surface area (Å²) >= 11 is 0. The highest BCUT2D eigenvalue weighted by atomic mass is 16.5.